The largest absolute Gasteiger partial charge is 0.586 e. The van der Waals surface area contributed by atoms with Crippen LogP contribution in [0.15, 0.2) is 61.2 Å². The number of nitrogens with one attached hydrogen (secondary N) is 1. The minimum Gasteiger partial charge on any atom is -0.491 e. The van der Waals surface area contributed by atoms with Crippen LogP contribution in [0.5, 0.6) is 17.2 Å². The molecule has 146 valence electrons. The number of alkyl halides is 2. The number of benzene rings is 2. The van der Waals surface area contributed by atoms with Gasteiger partial charge in [0.2, 0.25) is 0 Å². The lowest BCUT2D eigenvalue weighted by Gasteiger charge is -2.13. The molecule has 0 bridgehead atoms. The number of anilines is 2. The van der Waals surface area contributed by atoms with Gasteiger partial charge in [-0.1, -0.05) is 0 Å². The third-order valence-corrected chi connectivity index (χ3v) is 3.97. The summed E-state index contributed by atoms with van der Waals surface area (Å²) < 4.78 is 42.3. The number of ether oxygens (including phenoxy) is 3. The van der Waals surface area contributed by atoms with Crippen LogP contribution >= 0.6 is 0 Å². The number of nitrogens with zero attached hydrogens (tertiary/aromatic N) is 2. The maximum absolute atomic E-state index is 13.1. The van der Waals surface area contributed by atoms with Crippen LogP contribution in [0.2, 0.25) is 0 Å². The van der Waals surface area contributed by atoms with Crippen molar-refractivity contribution in [2.45, 2.75) is 18.9 Å². The van der Waals surface area contributed by atoms with Crippen LogP contribution in [0.4, 0.5) is 20.2 Å². The van der Waals surface area contributed by atoms with E-state index in [0.717, 1.165) is 5.69 Å². The highest BCUT2D eigenvalue weighted by Crippen LogP contribution is 2.42. The van der Waals surface area contributed by atoms with Crippen molar-refractivity contribution in [2.24, 2.45) is 0 Å². The topological polar surface area (TPSA) is 77.8 Å². The third kappa shape index (κ3) is 4.32. The average molecular weight is 389 g/mol. The summed E-state index contributed by atoms with van der Waals surface area (Å²) in [6, 6.07) is 11.5. The van der Waals surface area contributed by atoms with Crippen LogP contribution in [-0.4, -0.2) is 33.7 Å². The molecular formula is C19H17F2N3O4. The summed E-state index contributed by atoms with van der Waals surface area (Å²) in [5.41, 5.74) is 1.31. The number of hydrogen-bond acceptors (Lipinski definition) is 6. The fourth-order valence-electron chi connectivity index (χ4n) is 2.71. The van der Waals surface area contributed by atoms with Crippen LogP contribution in [0.25, 0.3) is 0 Å². The molecule has 0 saturated carbocycles. The Morgan fingerprint density at radius 1 is 1.11 bits per heavy atom. The quantitative estimate of drug-likeness (QED) is 0.645. The minimum absolute atomic E-state index is 0.00597. The lowest BCUT2D eigenvalue weighted by molar-refractivity contribution is -0.286. The predicted molar refractivity (Wildman–Crippen MR) is 96.1 cm³/mol. The molecule has 2 aromatic carbocycles. The van der Waals surface area contributed by atoms with Gasteiger partial charge < -0.3 is 29.2 Å². The van der Waals surface area contributed by atoms with Crippen molar-refractivity contribution >= 4 is 11.4 Å². The Bertz CT molecular complexity index is 933. The molecule has 0 aliphatic carbocycles. The van der Waals surface area contributed by atoms with E-state index in [4.69, 9.17) is 4.74 Å². The number of fused-ring (bicyclic) bond motifs is 1. The molecule has 1 atom stereocenters. The second-order valence-electron chi connectivity index (χ2n) is 6.20. The van der Waals surface area contributed by atoms with E-state index in [1.807, 2.05) is 0 Å². The second-order valence-corrected chi connectivity index (χ2v) is 6.20. The fourth-order valence-corrected chi connectivity index (χ4v) is 2.71. The number of imidazole rings is 1. The lowest BCUT2D eigenvalue weighted by atomic mass is 10.2. The Morgan fingerprint density at radius 3 is 2.61 bits per heavy atom. The first-order valence-electron chi connectivity index (χ1n) is 8.50. The predicted octanol–water partition coefficient (Wildman–Crippen LogP) is 3.39. The SMILES string of the molecule is OC(COc1ccc(Nc2ccc3c(c2)OC(F)(F)O3)cc1)Cn1ccnc1. The highest BCUT2D eigenvalue weighted by molar-refractivity contribution is 5.64. The van der Waals surface area contributed by atoms with Crippen molar-refractivity contribution in [1.29, 1.82) is 0 Å². The van der Waals surface area contributed by atoms with Crippen molar-refractivity contribution in [1.82, 2.24) is 9.55 Å². The van der Waals surface area contributed by atoms with Gasteiger partial charge in [-0.2, -0.15) is 0 Å². The number of halogens is 2. The van der Waals surface area contributed by atoms with Gasteiger partial charge in [0.15, 0.2) is 11.5 Å². The van der Waals surface area contributed by atoms with Crippen LogP contribution in [-0.2, 0) is 6.54 Å². The van der Waals surface area contributed by atoms with E-state index in [1.165, 1.54) is 12.1 Å². The van der Waals surface area contributed by atoms with Crippen LogP contribution in [0.3, 0.4) is 0 Å². The molecule has 2 N–H and O–H groups in total. The minimum atomic E-state index is -3.64. The van der Waals surface area contributed by atoms with Crippen molar-refractivity contribution < 1.29 is 28.1 Å². The molecule has 1 aliphatic heterocycles. The number of aliphatic hydroxyl groups excluding tert-OH is 1. The normalized spacial score (nSPS) is 15.2. The zero-order valence-electron chi connectivity index (χ0n) is 14.6. The molecule has 28 heavy (non-hydrogen) atoms. The number of rotatable bonds is 7. The zero-order chi connectivity index (χ0) is 19.6. The van der Waals surface area contributed by atoms with Gasteiger partial charge >= 0.3 is 6.29 Å². The fraction of sp³-hybridized carbons (Fsp3) is 0.211. The second kappa shape index (κ2) is 7.35. The Morgan fingerprint density at radius 2 is 1.86 bits per heavy atom. The van der Waals surface area contributed by atoms with Gasteiger partial charge in [-0.05, 0) is 36.4 Å². The molecule has 0 spiro atoms. The summed E-state index contributed by atoms with van der Waals surface area (Å²) in [5, 5.41) is 13.1. The number of aromatic nitrogens is 2. The van der Waals surface area contributed by atoms with Crippen LogP contribution in [0.1, 0.15) is 0 Å². The van der Waals surface area contributed by atoms with Gasteiger partial charge in [0, 0.05) is 29.8 Å². The Balaban J connectivity index is 1.31. The lowest BCUT2D eigenvalue weighted by Crippen LogP contribution is -2.25. The van der Waals surface area contributed by atoms with Gasteiger partial charge in [-0.3, -0.25) is 0 Å². The monoisotopic (exact) mass is 389 g/mol. The molecule has 1 aromatic heterocycles. The first-order chi connectivity index (χ1) is 13.5. The number of hydrogen-bond donors (Lipinski definition) is 2. The van der Waals surface area contributed by atoms with Gasteiger partial charge in [-0.15, -0.1) is 8.78 Å². The van der Waals surface area contributed by atoms with E-state index >= 15 is 0 Å². The Kier molecular flexibility index (Phi) is 4.74. The third-order valence-electron chi connectivity index (χ3n) is 3.97. The standard InChI is InChI=1S/C19H17F2N3O4/c20-19(21)27-17-6-3-14(9-18(17)28-19)23-13-1-4-16(5-2-13)26-11-15(25)10-24-8-7-22-12-24/h1-9,12,15,23,25H,10-11H2. The zero-order valence-corrected chi connectivity index (χ0v) is 14.6. The molecular weight excluding hydrogens is 372 g/mol. The summed E-state index contributed by atoms with van der Waals surface area (Å²) in [7, 11) is 0. The molecule has 2 heterocycles. The van der Waals surface area contributed by atoms with E-state index in [2.05, 4.69) is 19.8 Å². The Labute approximate surface area is 159 Å². The molecule has 7 nitrogen and oxygen atoms in total. The van der Waals surface area contributed by atoms with E-state index in [0.29, 0.717) is 18.0 Å². The van der Waals surface area contributed by atoms with Crippen molar-refractivity contribution in [3.05, 3.63) is 61.2 Å². The molecule has 0 saturated heterocycles. The molecule has 0 radical (unpaired) electrons. The van der Waals surface area contributed by atoms with E-state index in [1.54, 1.807) is 53.6 Å². The first-order valence-corrected chi connectivity index (χ1v) is 8.50. The van der Waals surface area contributed by atoms with Gasteiger partial charge in [0.25, 0.3) is 0 Å². The van der Waals surface area contributed by atoms with Gasteiger partial charge in [-0.25, -0.2) is 4.98 Å². The highest BCUT2D eigenvalue weighted by Gasteiger charge is 2.43. The summed E-state index contributed by atoms with van der Waals surface area (Å²) in [6.45, 7) is 0.532. The smallest absolute Gasteiger partial charge is 0.491 e. The molecule has 1 aliphatic rings. The van der Waals surface area contributed by atoms with Gasteiger partial charge in [0.05, 0.1) is 12.9 Å². The summed E-state index contributed by atoms with van der Waals surface area (Å²) in [4.78, 5) is 3.92. The van der Waals surface area contributed by atoms with Crippen molar-refractivity contribution in [3.8, 4) is 17.2 Å². The number of aliphatic hydroxyl groups is 1. The maximum Gasteiger partial charge on any atom is 0.586 e. The summed E-state index contributed by atoms with van der Waals surface area (Å²) in [6.07, 6.45) is 0.730. The van der Waals surface area contributed by atoms with Crippen LogP contribution < -0.4 is 19.5 Å². The molecule has 0 fully saturated rings. The van der Waals surface area contributed by atoms with Crippen molar-refractivity contribution in [2.75, 3.05) is 11.9 Å². The van der Waals surface area contributed by atoms with Gasteiger partial charge in [0.1, 0.15) is 18.5 Å². The Hall–Kier alpha value is -3.33. The first kappa shape index (κ1) is 18.1. The average Bonchev–Trinajstić information content (AvgIpc) is 3.26. The molecule has 1 unspecified atom stereocenters. The molecule has 9 heteroatoms. The molecule has 3 aromatic rings. The van der Waals surface area contributed by atoms with E-state index in [-0.39, 0.29) is 18.1 Å². The summed E-state index contributed by atoms with van der Waals surface area (Å²) in [5.74, 6) is 0.566. The maximum atomic E-state index is 13.1. The van der Waals surface area contributed by atoms with E-state index < -0.39 is 12.4 Å². The summed E-state index contributed by atoms with van der Waals surface area (Å²) >= 11 is 0. The highest BCUT2D eigenvalue weighted by atomic mass is 19.3. The van der Waals surface area contributed by atoms with Crippen molar-refractivity contribution in [3.63, 3.8) is 0 Å². The van der Waals surface area contributed by atoms with E-state index in [9.17, 15) is 13.9 Å². The van der Waals surface area contributed by atoms with Crippen LogP contribution in [0, 0.1) is 0 Å². The molecule has 0 amide bonds. The molecule has 4 rings (SSSR count).